The number of piperidine rings is 1. The molecule has 0 aliphatic carbocycles. The molecule has 1 heterocycles. The van der Waals surface area contributed by atoms with Crippen molar-refractivity contribution in [1.29, 1.82) is 0 Å². The molecule has 128 valence electrons. The van der Waals surface area contributed by atoms with Crippen molar-refractivity contribution in [2.75, 3.05) is 18.0 Å². The monoisotopic (exact) mass is 322 g/mol. The summed E-state index contributed by atoms with van der Waals surface area (Å²) in [5, 5.41) is 2.90. The molecule has 2 rings (SSSR count). The smallest absolute Gasteiger partial charge is 0.407 e. The molecule has 1 N–H and O–H groups in total. The molecule has 0 atom stereocenters. The largest absolute Gasteiger partial charge is 0.444 e. The predicted octanol–water partition coefficient (Wildman–Crippen LogP) is 3.88. The summed E-state index contributed by atoms with van der Waals surface area (Å²) in [5.41, 5.74) is 1.17. The molecule has 4 nitrogen and oxygen atoms in total. The molecule has 1 fully saturated rings. The highest BCUT2D eigenvalue weighted by molar-refractivity contribution is 5.68. The van der Waals surface area contributed by atoms with Crippen LogP contribution in [0.5, 0.6) is 0 Å². The molecule has 1 aromatic carbocycles. The summed E-state index contributed by atoms with van der Waals surface area (Å²) < 4.78 is 19.5. The van der Waals surface area contributed by atoms with Crippen LogP contribution in [0.1, 0.15) is 46.1 Å². The van der Waals surface area contributed by atoms with Crippen molar-refractivity contribution in [3.63, 3.8) is 0 Å². The van der Waals surface area contributed by atoms with Crippen LogP contribution < -0.4 is 10.2 Å². The summed E-state index contributed by atoms with van der Waals surface area (Å²) in [4.78, 5) is 13.8. The number of rotatable bonds is 3. The van der Waals surface area contributed by atoms with Gasteiger partial charge in [-0.25, -0.2) is 9.18 Å². The lowest BCUT2D eigenvalue weighted by molar-refractivity contribution is 0.0497. The minimum Gasteiger partial charge on any atom is -0.444 e. The minimum absolute atomic E-state index is 0.0825. The van der Waals surface area contributed by atoms with Crippen molar-refractivity contribution in [3.8, 4) is 0 Å². The molecule has 0 unspecified atom stereocenters. The molecule has 23 heavy (non-hydrogen) atoms. The van der Waals surface area contributed by atoms with E-state index in [0.29, 0.717) is 5.69 Å². The fourth-order valence-electron chi connectivity index (χ4n) is 2.77. The van der Waals surface area contributed by atoms with Crippen LogP contribution >= 0.6 is 0 Å². The van der Waals surface area contributed by atoms with E-state index in [1.54, 1.807) is 6.07 Å². The van der Waals surface area contributed by atoms with Crippen LogP contribution in [0.4, 0.5) is 14.9 Å². The first-order valence-electron chi connectivity index (χ1n) is 8.31. The lowest BCUT2D eigenvalue weighted by Crippen LogP contribution is -2.46. The van der Waals surface area contributed by atoms with Gasteiger partial charge in [0.15, 0.2) is 0 Å². The molecule has 0 spiro atoms. The fourth-order valence-corrected chi connectivity index (χ4v) is 2.77. The Balaban J connectivity index is 1.88. The summed E-state index contributed by atoms with van der Waals surface area (Å²) in [6, 6.07) is 5.53. The molecule has 1 saturated heterocycles. The molecule has 1 aliphatic rings. The van der Waals surface area contributed by atoms with Crippen molar-refractivity contribution in [2.24, 2.45) is 0 Å². The van der Waals surface area contributed by atoms with Gasteiger partial charge < -0.3 is 15.0 Å². The summed E-state index contributed by atoms with van der Waals surface area (Å²) in [6.45, 7) is 9.00. The van der Waals surface area contributed by atoms with E-state index in [9.17, 15) is 9.18 Å². The first-order chi connectivity index (χ1) is 10.8. The van der Waals surface area contributed by atoms with Crippen LogP contribution in [0.15, 0.2) is 18.2 Å². The van der Waals surface area contributed by atoms with Crippen molar-refractivity contribution < 1.29 is 13.9 Å². The molecule has 0 radical (unpaired) electrons. The molecule has 0 bridgehead atoms. The van der Waals surface area contributed by atoms with Crippen LogP contribution in [0.3, 0.4) is 0 Å². The van der Waals surface area contributed by atoms with Gasteiger partial charge in [-0.2, -0.15) is 0 Å². The number of nitrogens with one attached hydrogen (secondary N) is 1. The Morgan fingerprint density at radius 2 is 2.00 bits per heavy atom. The number of anilines is 1. The number of ether oxygens (including phenoxy) is 1. The molecular weight excluding hydrogens is 295 g/mol. The maximum Gasteiger partial charge on any atom is 0.407 e. The number of alkyl carbamates (subject to hydrolysis) is 1. The number of benzene rings is 1. The molecular formula is C18H27FN2O2. The highest BCUT2D eigenvalue weighted by Gasteiger charge is 2.24. The van der Waals surface area contributed by atoms with Crippen LogP contribution in [0.25, 0.3) is 0 Å². The van der Waals surface area contributed by atoms with Crippen LogP contribution in [0, 0.1) is 5.82 Å². The van der Waals surface area contributed by atoms with Gasteiger partial charge in [-0.1, -0.05) is 13.0 Å². The van der Waals surface area contributed by atoms with Crippen molar-refractivity contribution in [3.05, 3.63) is 29.6 Å². The summed E-state index contributed by atoms with van der Waals surface area (Å²) >= 11 is 0. The van der Waals surface area contributed by atoms with E-state index in [4.69, 9.17) is 4.74 Å². The summed E-state index contributed by atoms with van der Waals surface area (Å²) in [6.07, 6.45) is 2.02. The Kier molecular flexibility index (Phi) is 5.50. The Bertz CT molecular complexity index is 546. The lowest BCUT2D eigenvalue weighted by Gasteiger charge is -2.34. The van der Waals surface area contributed by atoms with Gasteiger partial charge in [0, 0.05) is 19.1 Å². The van der Waals surface area contributed by atoms with E-state index < -0.39 is 5.60 Å². The van der Waals surface area contributed by atoms with Crippen molar-refractivity contribution in [2.45, 2.75) is 58.6 Å². The summed E-state index contributed by atoms with van der Waals surface area (Å²) in [5.74, 6) is -0.164. The Hall–Kier alpha value is -1.78. The first-order valence-corrected chi connectivity index (χ1v) is 8.31. The zero-order valence-corrected chi connectivity index (χ0v) is 14.5. The Morgan fingerprint density at radius 1 is 1.35 bits per heavy atom. The zero-order valence-electron chi connectivity index (χ0n) is 14.5. The Labute approximate surface area is 138 Å². The quantitative estimate of drug-likeness (QED) is 0.918. The average molecular weight is 322 g/mol. The van der Waals surface area contributed by atoms with E-state index in [2.05, 4.69) is 5.32 Å². The highest BCUT2D eigenvalue weighted by Crippen LogP contribution is 2.24. The summed E-state index contributed by atoms with van der Waals surface area (Å²) in [7, 11) is 0. The molecule has 0 aromatic heterocycles. The Morgan fingerprint density at radius 3 is 2.52 bits per heavy atom. The third kappa shape index (κ3) is 5.12. The number of aryl methyl sites for hydroxylation is 1. The number of hydrogen-bond donors (Lipinski definition) is 1. The van der Waals surface area contributed by atoms with Gasteiger partial charge in [-0.3, -0.25) is 0 Å². The maximum atomic E-state index is 14.2. The van der Waals surface area contributed by atoms with Crippen molar-refractivity contribution >= 4 is 11.8 Å². The third-order valence-electron chi connectivity index (χ3n) is 3.98. The van der Waals surface area contributed by atoms with E-state index in [1.807, 2.05) is 44.7 Å². The number of carbonyl (C=O) groups is 1. The van der Waals surface area contributed by atoms with E-state index in [0.717, 1.165) is 37.9 Å². The number of hydrogen-bond acceptors (Lipinski definition) is 3. The van der Waals surface area contributed by atoms with Crippen molar-refractivity contribution in [1.82, 2.24) is 5.32 Å². The fraction of sp³-hybridized carbons (Fsp3) is 0.611. The molecule has 1 aromatic rings. The van der Waals surface area contributed by atoms with Crippen LogP contribution in [-0.2, 0) is 11.2 Å². The standard InChI is InChI=1S/C18H27FN2O2/c1-5-13-6-7-16(15(19)12-13)21-10-8-14(9-11-21)20-17(22)23-18(2,3)4/h6-7,12,14H,5,8-11H2,1-4H3,(H,20,22). The van der Waals surface area contributed by atoms with E-state index >= 15 is 0 Å². The second kappa shape index (κ2) is 7.20. The zero-order chi connectivity index (χ0) is 17.0. The second-order valence-electron chi connectivity index (χ2n) is 7.05. The molecule has 1 aliphatic heterocycles. The predicted molar refractivity (Wildman–Crippen MR) is 90.4 cm³/mol. The van der Waals surface area contributed by atoms with E-state index in [1.165, 1.54) is 0 Å². The second-order valence-corrected chi connectivity index (χ2v) is 7.05. The molecule has 1 amide bonds. The highest BCUT2D eigenvalue weighted by atomic mass is 19.1. The van der Waals surface area contributed by atoms with Crippen LogP contribution in [-0.4, -0.2) is 30.8 Å². The number of halogens is 1. The van der Waals surface area contributed by atoms with Gasteiger partial charge in [-0.05, 0) is 57.7 Å². The van der Waals surface area contributed by atoms with E-state index in [-0.39, 0.29) is 18.0 Å². The number of amides is 1. The molecule has 0 saturated carbocycles. The van der Waals surface area contributed by atoms with Gasteiger partial charge in [0.05, 0.1) is 5.69 Å². The van der Waals surface area contributed by atoms with Gasteiger partial charge in [0.25, 0.3) is 0 Å². The number of carbonyl (C=O) groups excluding carboxylic acids is 1. The number of nitrogens with zero attached hydrogens (tertiary/aromatic N) is 1. The van der Waals surface area contributed by atoms with Gasteiger partial charge in [0.1, 0.15) is 11.4 Å². The molecule has 5 heteroatoms. The van der Waals surface area contributed by atoms with Gasteiger partial charge >= 0.3 is 6.09 Å². The minimum atomic E-state index is -0.491. The topological polar surface area (TPSA) is 41.6 Å². The third-order valence-corrected chi connectivity index (χ3v) is 3.98. The first kappa shape index (κ1) is 17.6. The van der Waals surface area contributed by atoms with Gasteiger partial charge in [-0.15, -0.1) is 0 Å². The maximum absolute atomic E-state index is 14.2. The normalized spacial score (nSPS) is 16.3. The lowest BCUT2D eigenvalue weighted by atomic mass is 10.0. The van der Waals surface area contributed by atoms with Crippen LogP contribution in [0.2, 0.25) is 0 Å². The average Bonchev–Trinajstić information content (AvgIpc) is 2.46. The SMILES string of the molecule is CCc1ccc(N2CCC(NC(=O)OC(C)(C)C)CC2)c(F)c1. The van der Waals surface area contributed by atoms with Gasteiger partial charge in [0.2, 0.25) is 0 Å².